The molecule has 0 radical (unpaired) electrons. The summed E-state index contributed by atoms with van der Waals surface area (Å²) in [6, 6.07) is 37.1. The molecule has 0 aliphatic heterocycles. The third-order valence-corrected chi connectivity index (χ3v) is 11.9. The van der Waals surface area contributed by atoms with E-state index in [0.29, 0.717) is 31.8 Å². The molecule has 0 saturated heterocycles. The molecule has 0 aromatic heterocycles. The predicted octanol–water partition coefficient (Wildman–Crippen LogP) is 6.04. The van der Waals surface area contributed by atoms with Crippen molar-refractivity contribution < 1.29 is 9.13 Å². The maximum absolute atomic E-state index is 14.8. The normalized spacial score (nSPS) is 11.6. The molecule has 32 heavy (non-hydrogen) atoms. The van der Waals surface area contributed by atoms with Crippen molar-refractivity contribution in [1.82, 2.24) is 0 Å². The van der Waals surface area contributed by atoms with Crippen LogP contribution in [0.5, 0.6) is 0 Å². The van der Waals surface area contributed by atoms with E-state index in [-0.39, 0.29) is 0 Å². The van der Waals surface area contributed by atoms with E-state index in [2.05, 4.69) is 13.2 Å². The molecule has 4 heteroatoms. The van der Waals surface area contributed by atoms with Crippen molar-refractivity contribution in [2.75, 3.05) is 0 Å². The lowest BCUT2D eigenvalue weighted by Crippen LogP contribution is -2.22. The fraction of sp³-hybridized carbons (Fsp3) is 0. The van der Waals surface area contributed by atoms with E-state index in [1.54, 1.807) is 0 Å². The lowest BCUT2D eigenvalue weighted by Gasteiger charge is -2.28. The zero-order chi connectivity index (χ0) is 22.6. The minimum absolute atomic E-state index is 0.311. The van der Waals surface area contributed by atoms with Crippen molar-refractivity contribution >= 4 is 35.5 Å². The molecule has 4 aromatic carbocycles. The molecule has 2 nitrogen and oxygen atoms in total. The molecule has 0 bridgehead atoms. The van der Waals surface area contributed by atoms with Crippen molar-refractivity contribution in [1.29, 1.82) is 0 Å². The number of hydrogen-bond donors (Lipinski definition) is 0. The Morgan fingerprint density at radius 3 is 0.781 bits per heavy atom. The van der Waals surface area contributed by atoms with Crippen LogP contribution >= 0.6 is 14.3 Å². The summed E-state index contributed by atoms with van der Waals surface area (Å²) in [4.78, 5) is 0. The minimum Gasteiger partial charge on any atom is -0.309 e. The highest BCUT2D eigenvalue weighted by atomic mass is 31.2. The third-order valence-electron chi connectivity index (χ3n) is 5.57. The van der Waals surface area contributed by atoms with Crippen LogP contribution in [0.15, 0.2) is 145 Å². The van der Waals surface area contributed by atoms with Gasteiger partial charge in [-0.15, -0.1) is 0 Å². The number of benzene rings is 4. The molecule has 4 rings (SSSR count). The van der Waals surface area contributed by atoms with Crippen LogP contribution in [-0.4, -0.2) is 0 Å². The van der Waals surface area contributed by atoms with Crippen LogP contribution in [0.4, 0.5) is 0 Å². The van der Waals surface area contributed by atoms with Crippen molar-refractivity contribution in [3.63, 3.8) is 0 Å². The molecule has 0 heterocycles. The smallest absolute Gasteiger partial charge is 0.171 e. The summed E-state index contributed by atoms with van der Waals surface area (Å²) in [5.41, 5.74) is 0. The highest BCUT2D eigenvalue weighted by Crippen LogP contribution is 2.63. The quantitative estimate of drug-likeness (QED) is 0.252. The Labute approximate surface area is 189 Å². The van der Waals surface area contributed by atoms with E-state index in [4.69, 9.17) is 0 Å². The van der Waals surface area contributed by atoms with Crippen LogP contribution < -0.4 is 21.2 Å². The highest BCUT2D eigenvalue weighted by Gasteiger charge is 2.40. The monoisotopic (exact) mass is 454 g/mol. The largest absolute Gasteiger partial charge is 0.309 e. The summed E-state index contributed by atoms with van der Waals surface area (Å²) < 4.78 is 29.6. The highest BCUT2D eigenvalue weighted by molar-refractivity contribution is 7.87. The van der Waals surface area contributed by atoms with E-state index in [1.807, 2.05) is 121 Å². The average molecular weight is 454 g/mol. The molecule has 0 saturated carbocycles. The summed E-state index contributed by atoms with van der Waals surface area (Å²) in [6.45, 7) is 8.52. The zero-order valence-corrected chi connectivity index (χ0v) is 19.5. The van der Waals surface area contributed by atoms with Gasteiger partial charge in [-0.1, -0.05) is 134 Å². The average Bonchev–Trinajstić information content (AvgIpc) is 2.89. The van der Waals surface area contributed by atoms with Crippen LogP contribution in [0.1, 0.15) is 0 Å². The molecule has 0 atom stereocenters. The molecule has 0 unspecified atom stereocenters. The Bertz CT molecular complexity index is 1140. The van der Waals surface area contributed by atoms with Crippen LogP contribution in [0.25, 0.3) is 0 Å². The summed E-state index contributed by atoms with van der Waals surface area (Å²) >= 11 is 0. The molecule has 0 aliphatic rings. The first-order chi connectivity index (χ1) is 15.5. The van der Waals surface area contributed by atoms with Gasteiger partial charge in [-0.05, 0) is 0 Å². The Kier molecular flexibility index (Phi) is 6.28. The first-order valence-corrected chi connectivity index (χ1v) is 13.7. The molecule has 4 aromatic rings. The standard InChI is InChI=1S/C28H24O2P2/c1-23(31(29,25-15-7-3-8-16-25)26-17-9-4-10-18-26)24(2)32(30,27-19-11-5-12-20-27)28-21-13-6-14-22-28/h3-22H,1-2H2. The van der Waals surface area contributed by atoms with Crippen molar-refractivity contribution in [3.05, 3.63) is 145 Å². The minimum atomic E-state index is -3.37. The Hall–Kier alpha value is -3.18. The first-order valence-electron chi connectivity index (χ1n) is 10.3. The van der Waals surface area contributed by atoms with Gasteiger partial charge in [0.15, 0.2) is 14.3 Å². The van der Waals surface area contributed by atoms with Gasteiger partial charge in [-0.25, -0.2) is 0 Å². The SMILES string of the molecule is C=C(C(=C)P(=O)(c1ccccc1)c1ccccc1)P(=O)(c1ccccc1)c1ccccc1. The second-order valence-corrected chi connectivity index (χ2v) is 13.0. The van der Waals surface area contributed by atoms with Crippen LogP contribution in [0, 0.1) is 0 Å². The Balaban J connectivity index is 1.93. The van der Waals surface area contributed by atoms with Gasteiger partial charge in [-0.3, -0.25) is 0 Å². The maximum atomic E-state index is 14.8. The van der Waals surface area contributed by atoms with Gasteiger partial charge in [0.25, 0.3) is 0 Å². The van der Waals surface area contributed by atoms with Crippen LogP contribution in [0.3, 0.4) is 0 Å². The molecule has 0 fully saturated rings. The molecule has 0 spiro atoms. The molecule has 0 amide bonds. The second-order valence-electron chi connectivity index (χ2n) is 7.45. The van der Waals surface area contributed by atoms with Crippen molar-refractivity contribution in [3.8, 4) is 0 Å². The first kappa shape index (κ1) is 22.0. The van der Waals surface area contributed by atoms with E-state index < -0.39 is 14.3 Å². The zero-order valence-electron chi connectivity index (χ0n) is 17.7. The lowest BCUT2D eigenvalue weighted by molar-refractivity contribution is 0.587. The summed E-state index contributed by atoms with van der Waals surface area (Å²) in [5, 5.41) is 3.20. The van der Waals surface area contributed by atoms with Crippen LogP contribution in [0.2, 0.25) is 0 Å². The molecular formula is C28H24O2P2. The Morgan fingerprint density at radius 1 is 0.406 bits per heavy atom. The molecule has 0 aliphatic carbocycles. The van der Waals surface area contributed by atoms with Gasteiger partial charge < -0.3 is 9.13 Å². The van der Waals surface area contributed by atoms with Gasteiger partial charge in [-0.2, -0.15) is 0 Å². The topological polar surface area (TPSA) is 34.1 Å². The second kappa shape index (κ2) is 9.13. The maximum Gasteiger partial charge on any atom is 0.171 e. The van der Waals surface area contributed by atoms with Crippen molar-refractivity contribution in [2.45, 2.75) is 0 Å². The summed E-state index contributed by atoms with van der Waals surface area (Å²) in [6.07, 6.45) is 0. The summed E-state index contributed by atoms with van der Waals surface area (Å²) in [7, 11) is -6.75. The fourth-order valence-corrected chi connectivity index (χ4v) is 9.62. The number of allylic oxidation sites excluding steroid dienone is 2. The lowest BCUT2D eigenvalue weighted by atomic mass is 10.4. The third kappa shape index (κ3) is 3.78. The van der Waals surface area contributed by atoms with Gasteiger partial charge >= 0.3 is 0 Å². The summed E-state index contributed by atoms with van der Waals surface area (Å²) in [5.74, 6) is 0. The predicted molar refractivity (Wildman–Crippen MR) is 138 cm³/mol. The van der Waals surface area contributed by atoms with Gasteiger partial charge in [0.2, 0.25) is 0 Å². The number of rotatable bonds is 7. The molecular weight excluding hydrogens is 430 g/mol. The van der Waals surface area contributed by atoms with E-state index in [1.165, 1.54) is 0 Å². The molecule has 0 N–H and O–H groups in total. The van der Waals surface area contributed by atoms with E-state index in [9.17, 15) is 9.13 Å². The van der Waals surface area contributed by atoms with Gasteiger partial charge in [0.05, 0.1) is 0 Å². The number of hydrogen-bond acceptors (Lipinski definition) is 2. The molecule has 158 valence electrons. The fourth-order valence-electron chi connectivity index (χ4n) is 3.84. The van der Waals surface area contributed by atoms with Gasteiger partial charge in [0.1, 0.15) is 0 Å². The van der Waals surface area contributed by atoms with E-state index in [0.717, 1.165) is 0 Å². The Morgan fingerprint density at radius 2 is 0.594 bits per heavy atom. The van der Waals surface area contributed by atoms with Crippen LogP contribution in [-0.2, 0) is 9.13 Å². The van der Waals surface area contributed by atoms with E-state index >= 15 is 0 Å². The van der Waals surface area contributed by atoms with Gasteiger partial charge in [0, 0.05) is 31.8 Å². The van der Waals surface area contributed by atoms with Crippen molar-refractivity contribution in [2.24, 2.45) is 0 Å².